The van der Waals surface area contributed by atoms with Crippen LogP contribution in [0.25, 0.3) is 0 Å². The van der Waals surface area contributed by atoms with E-state index in [0.717, 1.165) is 25.3 Å². The number of aryl methyl sites for hydroxylation is 1. The molecule has 2 N–H and O–H groups in total. The van der Waals surface area contributed by atoms with Crippen LogP contribution in [0.15, 0.2) is 18.2 Å². The molecule has 1 heterocycles. The van der Waals surface area contributed by atoms with Crippen LogP contribution in [0.1, 0.15) is 30.4 Å². The first-order valence-corrected chi connectivity index (χ1v) is 5.66. The van der Waals surface area contributed by atoms with Crippen molar-refractivity contribution in [1.82, 2.24) is 0 Å². The minimum absolute atomic E-state index is 0.537. The minimum atomic E-state index is 0.537. The molecule has 0 saturated carbocycles. The second-order valence-electron chi connectivity index (χ2n) is 4.45. The molecule has 0 bridgehead atoms. The van der Waals surface area contributed by atoms with Gasteiger partial charge in [-0.3, -0.25) is 0 Å². The molecule has 2 atom stereocenters. The highest BCUT2D eigenvalue weighted by molar-refractivity contribution is 5.44. The molecule has 82 valence electrons. The summed E-state index contributed by atoms with van der Waals surface area (Å²) < 4.78 is 5.74. The first-order valence-electron chi connectivity index (χ1n) is 5.66. The topological polar surface area (TPSA) is 35.2 Å². The molecule has 0 amide bonds. The SMILES string of the molecule is Cc1cccc2c1OCCC2C(C)CN. The lowest BCUT2D eigenvalue weighted by Gasteiger charge is -2.30. The van der Waals surface area contributed by atoms with Crippen LogP contribution in [0.3, 0.4) is 0 Å². The van der Waals surface area contributed by atoms with Crippen LogP contribution < -0.4 is 10.5 Å². The molecule has 0 saturated heterocycles. The quantitative estimate of drug-likeness (QED) is 0.805. The Labute approximate surface area is 91.4 Å². The van der Waals surface area contributed by atoms with Crippen LogP contribution in [0.2, 0.25) is 0 Å². The van der Waals surface area contributed by atoms with Gasteiger partial charge in [-0.2, -0.15) is 0 Å². The van der Waals surface area contributed by atoms with Gasteiger partial charge in [0.1, 0.15) is 5.75 Å². The zero-order valence-electron chi connectivity index (χ0n) is 9.49. The average Bonchev–Trinajstić information content (AvgIpc) is 2.28. The Hall–Kier alpha value is -1.02. The summed E-state index contributed by atoms with van der Waals surface area (Å²) in [4.78, 5) is 0. The molecule has 2 rings (SSSR count). The van der Waals surface area contributed by atoms with Gasteiger partial charge in [0.05, 0.1) is 6.61 Å². The molecule has 0 radical (unpaired) electrons. The summed E-state index contributed by atoms with van der Waals surface area (Å²) in [6.07, 6.45) is 1.09. The van der Waals surface area contributed by atoms with E-state index in [-0.39, 0.29) is 0 Å². The molecule has 2 heteroatoms. The van der Waals surface area contributed by atoms with Gasteiger partial charge >= 0.3 is 0 Å². The van der Waals surface area contributed by atoms with Crippen molar-refractivity contribution in [1.29, 1.82) is 0 Å². The maximum absolute atomic E-state index is 5.76. The Morgan fingerprint density at radius 3 is 3.07 bits per heavy atom. The average molecular weight is 205 g/mol. The zero-order chi connectivity index (χ0) is 10.8. The Morgan fingerprint density at radius 2 is 2.33 bits per heavy atom. The third kappa shape index (κ3) is 1.86. The number of hydrogen-bond donors (Lipinski definition) is 1. The van der Waals surface area contributed by atoms with Gasteiger partial charge in [0.15, 0.2) is 0 Å². The van der Waals surface area contributed by atoms with E-state index < -0.39 is 0 Å². The normalized spacial score (nSPS) is 21.7. The molecule has 0 aromatic heterocycles. The second-order valence-corrected chi connectivity index (χ2v) is 4.45. The minimum Gasteiger partial charge on any atom is -0.493 e. The number of hydrogen-bond acceptors (Lipinski definition) is 2. The summed E-state index contributed by atoms with van der Waals surface area (Å²) in [7, 11) is 0. The van der Waals surface area contributed by atoms with Crippen molar-refractivity contribution in [3.05, 3.63) is 29.3 Å². The van der Waals surface area contributed by atoms with Gasteiger partial charge in [-0.05, 0) is 42.9 Å². The number of nitrogens with two attached hydrogens (primary N) is 1. The van der Waals surface area contributed by atoms with E-state index in [1.807, 2.05) is 0 Å². The van der Waals surface area contributed by atoms with Crippen molar-refractivity contribution in [2.75, 3.05) is 13.2 Å². The summed E-state index contributed by atoms with van der Waals surface area (Å²) in [5.41, 5.74) is 8.34. The highest BCUT2D eigenvalue weighted by atomic mass is 16.5. The largest absolute Gasteiger partial charge is 0.493 e. The highest BCUT2D eigenvalue weighted by Crippen LogP contribution is 2.39. The van der Waals surface area contributed by atoms with E-state index in [0.29, 0.717) is 11.8 Å². The van der Waals surface area contributed by atoms with Gasteiger partial charge in [0, 0.05) is 0 Å². The molecule has 1 aliphatic heterocycles. The van der Waals surface area contributed by atoms with Crippen LogP contribution in [0.4, 0.5) is 0 Å². The van der Waals surface area contributed by atoms with Crippen molar-refractivity contribution < 1.29 is 4.74 Å². The monoisotopic (exact) mass is 205 g/mol. The summed E-state index contributed by atoms with van der Waals surface area (Å²) in [6.45, 7) is 5.90. The van der Waals surface area contributed by atoms with Crippen LogP contribution in [-0.2, 0) is 0 Å². The Bertz CT molecular complexity index is 348. The van der Waals surface area contributed by atoms with E-state index >= 15 is 0 Å². The molecule has 0 fully saturated rings. The van der Waals surface area contributed by atoms with E-state index in [1.165, 1.54) is 11.1 Å². The molecular formula is C13H19NO. The molecule has 0 spiro atoms. The lowest BCUT2D eigenvalue weighted by molar-refractivity contribution is 0.242. The number of para-hydroxylation sites is 1. The Balaban J connectivity index is 2.38. The summed E-state index contributed by atoms with van der Waals surface area (Å²) >= 11 is 0. The number of fused-ring (bicyclic) bond motifs is 1. The molecule has 1 aromatic rings. The van der Waals surface area contributed by atoms with E-state index in [2.05, 4.69) is 32.0 Å². The molecule has 1 aromatic carbocycles. The van der Waals surface area contributed by atoms with E-state index in [9.17, 15) is 0 Å². The van der Waals surface area contributed by atoms with Crippen LogP contribution in [0, 0.1) is 12.8 Å². The first kappa shape index (κ1) is 10.5. The lowest BCUT2D eigenvalue weighted by Crippen LogP contribution is -2.25. The maximum atomic E-state index is 5.76. The first-order chi connectivity index (χ1) is 7.24. The fourth-order valence-electron chi connectivity index (χ4n) is 2.36. The highest BCUT2D eigenvalue weighted by Gasteiger charge is 2.26. The summed E-state index contributed by atoms with van der Waals surface area (Å²) in [5, 5.41) is 0. The summed E-state index contributed by atoms with van der Waals surface area (Å²) in [5.74, 6) is 2.20. The number of rotatable bonds is 2. The van der Waals surface area contributed by atoms with Gasteiger partial charge in [-0.25, -0.2) is 0 Å². The standard InChI is InChI=1S/C13H19NO/c1-9-4-3-5-12-11(10(2)8-14)6-7-15-13(9)12/h3-5,10-11H,6-8,14H2,1-2H3. The van der Waals surface area contributed by atoms with Gasteiger partial charge in [-0.15, -0.1) is 0 Å². The molecular weight excluding hydrogens is 186 g/mol. The maximum Gasteiger partial charge on any atom is 0.125 e. The second kappa shape index (κ2) is 4.23. The lowest BCUT2D eigenvalue weighted by atomic mass is 9.82. The van der Waals surface area contributed by atoms with Gasteiger partial charge in [0.2, 0.25) is 0 Å². The Kier molecular flexibility index (Phi) is 2.96. The molecule has 15 heavy (non-hydrogen) atoms. The van der Waals surface area contributed by atoms with Crippen LogP contribution in [-0.4, -0.2) is 13.2 Å². The zero-order valence-corrected chi connectivity index (χ0v) is 9.49. The van der Waals surface area contributed by atoms with Gasteiger partial charge < -0.3 is 10.5 Å². The van der Waals surface area contributed by atoms with Crippen molar-refractivity contribution in [2.24, 2.45) is 11.7 Å². The van der Waals surface area contributed by atoms with Gasteiger partial charge in [0.25, 0.3) is 0 Å². The fraction of sp³-hybridized carbons (Fsp3) is 0.538. The van der Waals surface area contributed by atoms with Gasteiger partial charge in [-0.1, -0.05) is 25.1 Å². The van der Waals surface area contributed by atoms with E-state index in [4.69, 9.17) is 10.5 Å². The third-order valence-electron chi connectivity index (χ3n) is 3.38. The van der Waals surface area contributed by atoms with Crippen molar-refractivity contribution in [3.8, 4) is 5.75 Å². The number of benzene rings is 1. The van der Waals surface area contributed by atoms with Crippen LogP contribution in [0.5, 0.6) is 5.75 Å². The predicted octanol–water partition coefficient (Wildman–Crippen LogP) is 2.46. The fourth-order valence-corrected chi connectivity index (χ4v) is 2.36. The molecule has 2 unspecified atom stereocenters. The molecule has 1 aliphatic rings. The van der Waals surface area contributed by atoms with Crippen molar-refractivity contribution in [3.63, 3.8) is 0 Å². The van der Waals surface area contributed by atoms with E-state index in [1.54, 1.807) is 0 Å². The Morgan fingerprint density at radius 1 is 1.53 bits per heavy atom. The molecule has 2 nitrogen and oxygen atoms in total. The summed E-state index contributed by atoms with van der Waals surface area (Å²) in [6, 6.07) is 6.39. The number of ether oxygens (including phenoxy) is 1. The smallest absolute Gasteiger partial charge is 0.125 e. The van der Waals surface area contributed by atoms with Crippen LogP contribution >= 0.6 is 0 Å². The predicted molar refractivity (Wildman–Crippen MR) is 62.3 cm³/mol. The van der Waals surface area contributed by atoms with Crippen molar-refractivity contribution >= 4 is 0 Å². The molecule has 0 aliphatic carbocycles. The third-order valence-corrected chi connectivity index (χ3v) is 3.38. The van der Waals surface area contributed by atoms with Crippen molar-refractivity contribution in [2.45, 2.75) is 26.2 Å².